The molecule has 0 spiro atoms. The smallest absolute Gasteiger partial charge is 0.120 e. The summed E-state index contributed by atoms with van der Waals surface area (Å²) in [4.78, 5) is 3.31. The second-order valence-electron chi connectivity index (χ2n) is 4.27. The fourth-order valence-corrected chi connectivity index (χ4v) is 2.95. The number of nitrogens with two attached hydrogens (primary N) is 1. The zero-order valence-electron chi connectivity index (χ0n) is 10.1. The molecule has 1 aromatic heterocycles. The molecule has 0 aliphatic rings. The van der Waals surface area contributed by atoms with Gasteiger partial charge in [-0.15, -0.1) is 11.3 Å². The molecule has 5 heteroatoms. The first-order chi connectivity index (χ1) is 8.54. The van der Waals surface area contributed by atoms with Crippen LogP contribution >= 0.6 is 22.9 Å². The Labute approximate surface area is 115 Å². The molecule has 2 rings (SSSR count). The van der Waals surface area contributed by atoms with Gasteiger partial charge in [-0.05, 0) is 37.4 Å². The molecular formula is C13H15ClN2OS. The molecule has 0 saturated carbocycles. The highest BCUT2D eigenvalue weighted by Gasteiger charge is 2.07. The molecule has 0 aliphatic carbocycles. The Balaban J connectivity index is 2.02. The van der Waals surface area contributed by atoms with Crippen molar-refractivity contribution in [3.05, 3.63) is 45.1 Å². The Morgan fingerprint density at radius 2 is 2.06 bits per heavy atom. The van der Waals surface area contributed by atoms with E-state index in [0.29, 0.717) is 12.2 Å². The van der Waals surface area contributed by atoms with Crippen LogP contribution in [-0.2, 0) is 13.1 Å². The maximum absolute atomic E-state index is 9.75. The summed E-state index contributed by atoms with van der Waals surface area (Å²) in [6.07, 6.45) is 0. The Kier molecular flexibility index (Phi) is 4.11. The highest BCUT2D eigenvalue weighted by atomic mass is 35.5. The van der Waals surface area contributed by atoms with Gasteiger partial charge in [-0.3, -0.25) is 4.90 Å². The van der Waals surface area contributed by atoms with Gasteiger partial charge >= 0.3 is 0 Å². The Morgan fingerprint density at radius 1 is 1.28 bits per heavy atom. The maximum Gasteiger partial charge on any atom is 0.120 e. The van der Waals surface area contributed by atoms with Crippen molar-refractivity contribution in [3.8, 4) is 5.75 Å². The number of aromatic hydroxyl groups is 1. The van der Waals surface area contributed by atoms with Crippen LogP contribution in [0.3, 0.4) is 0 Å². The van der Waals surface area contributed by atoms with Crippen LogP contribution in [0.5, 0.6) is 5.75 Å². The van der Waals surface area contributed by atoms with Gasteiger partial charge in [-0.25, -0.2) is 0 Å². The summed E-state index contributed by atoms with van der Waals surface area (Å²) in [7, 11) is 2.00. The molecule has 2 aromatic rings. The second kappa shape index (κ2) is 5.61. The number of rotatable bonds is 4. The number of nitrogens with zero attached hydrogens (tertiary/aromatic N) is 1. The van der Waals surface area contributed by atoms with Crippen LogP contribution in [0, 0.1) is 0 Å². The molecule has 0 bridgehead atoms. The van der Waals surface area contributed by atoms with Crippen LogP contribution in [0.25, 0.3) is 0 Å². The van der Waals surface area contributed by atoms with Gasteiger partial charge in [-0.2, -0.15) is 0 Å². The van der Waals surface area contributed by atoms with E-state index in [1.807, 2.05) is 19.2 Å². The maximum atomic E-state index is 9.75. The molecule has 0 aliphatic heterocycles. The predicted molar refractivity (Wildman–Crippen MR) is 77.0 cm³/mol. The molecule has 0 atom stereocenters. The van der Waals surface area contributed by atoms with E-state index in [1.165, 1.54) is 4.88 Å². The first-order valence-corrected chi connectivity index (χ1v) is 6.74. The number of phenols is 1. The van der Waals surface area contributed by atoms with Crippen molar-refractivity contribution in [3.63, 3.8) is 0 Å². The lowest BCUT2D eigenvalue weighted by atomic mass is 10.1. The summed E-state index contributed by atoms with van der Waals surface area (Å²) >= 11 is 7.46. The normalized spacial score (nSPS) is 11.1. The van der Waals surface area contributed by atoms with Crippen molar-refractivity contribution in [2.45, 2.75) is 13.1 Å². The van der Waals surface area contributed by atoms with Gasteiger partial charge in [0, 0.05) is 29.2 Å². The van der Waals surface area contributed by atoms with E-state index in [-0.39, 0.29) is 5.75 Å². The van der Waals surface area contributed by atoms with Crippen LogP contribution in [-0.4, -0.2) is 17.1 Å². The Morgan fingerprint density at radius 3 is 2.72 bits per heavy atom. The minimum absolute atomic E-state index is 0.278. The van der Waals surface area contributed by atoms with Crippen molar-refractivity contribution in [1.82, 2.24) is 4.90 Å². The van der Waals surface area contributed by atoms with E-state index >= 15 is 0 Å². The summed E-state index contributed by atoms with van der Waals surface area (Å²) in [5, 5.41) is 9.75. The summed E-state index contributed by atoms with van der Waals surface area (Å²) in [6.45, 7) is 1.44. The third-order valence-corrected chi connectivity index (χ3v) is 3.81. The Hall–Kier alpha value is -1.23. The lowest BCUT2D eigenvalue weighted by molar-refractivity contribution is 0.315. The molecular weight excluding hydrogens is 268 g/mol. The largest absolute Gasteiger partial charge is 0.508 e. The molecule has 96 valence electrons. The Bertz CT molecular complexity index is 542. The monoisotopic (exact) mass is 282 g/mol. The molecule has 0 radical (unpaired) electrons. The molecule has 0 saturated heterocycles. The average Bonchev–Trinajstić information content (AvgIpc) is 2.69. The van der Waals surface area contributed by atoms with Crippen molar-refractivity contribution in [2.75, 3.05) is 12.8 Å². The van der Waals surface area contributed by atoms with Gasteiger partial charge in [0.25, 0.3) is 0 Å². The highest BCUT2D eigenvalue weighted by Crippen LogP contribution is 2.25. The number of hydrogen-bond donors (Lipinski definition) is 2. The first-order valence-electron chi connectivity index (χ1n) is 5.55. The summed E-state index contributed by atoms with van der Waals surface area (Å²) in [6, 6.07) is 9.03. The second-order valence-corrected chi connectivity index (χ2v) is 6.07. The van der Waals surface area contributed by atoms with Crippen molar-refractivity contribution in [2.24, 2.45) is 0 Å². The van der Waals surface area contributed by atoms with Crippen LogP contribution in [0.4, 0.5) is 5.69 Å². The minimum atomic E-state index is 0.278. The highest BCUT2D eigenvalue weighted by molar-refractivity contribution is 7.16. The third-order valence-electron chi connectivity index (χ3n) is 2.60. The molecule has 3 N–H and O–H groups in total. The third kappa shape index (κ3) is 3.38. The number of anilines is 1. The van der Waals surface area contributed by atoms with Gasteiger partial charge in [0.05, 0.1) is 4.34 Å². The van der Waals surface area contributed by atoms with Gasteiger partial charge in [-0.1, -0.05) is 11.6 Å². The predicted octanol–water partition coefficient (Wildman–Crippen LogP) is 3.32. The average molecular weight is 283 g/mol. The van der Waals surface area contributed by atoms with Crippen LogP contribution < -0.4 is 5.73 Å². The zero-order valence-corrected chi connectivity index (χ0v) is 11.6. The number of nitrogen functional groups attached to an aromatic ring is 1. The molecule has 0 amide bonds. The van der Waals surface area contributed by atoms with Crippen molar-refractivity contribution >= 4 is 28.6 Å². The molecule has 0 fully saturated rings. The number of halogens is 1. The number of hydrogen-bond acceptors (Lipinski definition) is 4. The van der Waals surface area contributed by atoms with Gasteiger partial charge in [0.15, 0.2) is 0 Å². The number of benzene rings is 1. The van der Waals surface area contributed by atoms with E-state index < -0.39 is 0 Å². The molecule has 18 heavy (non-hydrogen) atoms. The lowest BCUT2D eigenvalue weighted by Gasteiger charge is -2.16. The van der Waals surface area contributed by atoms with Gasteiger partial charge in [0.2, 0.25) is 0 Å². The topological polar surface area (TPSA) is 49.5 Å². The standard InChI is InChI=1S/C13H15ClN2OS/c1-16(8-11-3-5-13(14)18-11)7-9-6-10(15)2-4-12(9)17/h2-6,17H,7-8,15H2,1H3. The minimum Gasteiger partial charge on any atom is -0.508 e. The van der Waals surface area contributed by atoms with E-state index in [9.17, 15) is 5.11 Å². The van der Waals surface area contributed by atoms with E-state index in [2.05, 4.69) is 4.90 Å². The van der Waals surface area contributed by atoms with Gasteiger partial charge in [0.1, 0.15) is 5.75 Å². The van der Waals surface area contributed by atoms with Crippen molar-refractivity contribution in [1.29, 1.82) is 0 Å². The van der Waals surface area contributed by atoms with E-state index in [0.717, 1.165) is 16.4 Å². The lowest BCUT2D eigenvalue weighted by Crippen LogP contribution is -2.16. The fraction of sp³-hybridized carbons (Fsp3) is 0.231. The van der Waals surface area contributed by atoms with E-state index in [4.69, 9.17) is 17.3 Å². The number of phenolic OH excluding ortho intramolecular Hbond substituents is 1. The SMILES string of the molecule is CN(Cc1ccc(Cl)s1)Cc1cc(N)ccc1O. The van der Waals surface area contributed by atoms with Crippen LogP contribution in [0.15, 0.2) is 30.3 Å². The van der Waals surface area contributed by atoms with Crippen LogP contribution in [0.2, 0.25) is 4.34 Å². The molecule has 1 heterocycles. The first kappa shape index (κ1) is 13.2. The zero-order chi connectivity index (χ0) is 13.1. The van der Waals surface area contributed by atoms with Crippen LogP contribution in [0.1, 0.15) is 10.4 Å². The summed E-state index contributed by atoms with van der Waals surface area (Å²) in [5.74, 6) is 0.278. The molecule has 0 unspecified atom stereocenters. The number of thiophene rings is 1. The van der Waals surface area contributed by atoms with Gasteiger partial charge < -0.3 is 10.8 Å². The fourth-order valence-electron chi connectivity index (χ4n) is 1.78. The summed E-state index contributed by atoms with van der Waals surface area (Å²) < 4.78 is 0.796. The van der Waals surface area contributed by atoms with Crippen molar-refractivity contribution < 1.29 is 5.11 Å². The summed E-state index contributed by atoms with van der Waals surface area (Å²) in [5.41, 5.74) is 7.21. The molecule has 1 aromatic carbocycles. The quantitative estimate of drug-likeness (QED) is 0.668. The van der Waals surface area contributed by atoms with E-state index in [1.54, 1.807) is 29.5 Å². The molecule has 3 nitrogen and oxygen atoms in total.